The zero-order valence-corrected chi connectivity index (χ0v) is 21.0. The second-order valence-electron chi connectivity index (χ2n) is 8.07. The molecule has 2 aromatic rings. The molecular formula is C24H24N2O8S2. The smallest absolute Gasteiger partial charge is 0.423 e. The molecule has 2 aliphatic heterocycles. The molecule has 1 fully saturated rings. The Morgan fingerprint density at radius 3 is 2.72 bits per heavy atom. The maximum Gasteiger partial charge on any atom is 0.516 e. The Kier molecular flexibility index (Phi) is 8.09. The standard InChI is InChI=1S/C24H24N2O8S2/c1-13-19-18(14(2)28)22(29)26(19)20(21(13)35-9-8-17-16(10-27)25-11-36-17)23(30)32-12-33-24(31)34-15-6-4-3-5-7-15/h3-9,11,13-14,18-19,27-28H,10,12H2,1-2H3/b9-8-/t13-,14-,18-,19-/m1/s1. The van der Waals surface area contributed by atoms with Crippen LogP contribution in [0.15, 0.2) is 51.9 Å². The lowest BCUT2D eigenvalue weighted by Crippen LogP contribution is -2.63. The number of benzene rings is 1. The van der Waals surface area contributed by atoms with Gasteiger partial charge in [0.15, 0.2) is 0 Å². The monoisotopic (exact) mass is 532 g/mol. The van der Waals surface area contributed by atoms with E-state index in [-0.39, 0.29) is 29.9 Å². The fourth-order valence-electron chi connectivity index (χ4n) is 4.18. The van der Waals surface area contributed by atoms with Gasteiger partial charge in [-0.25, -0.2) is 14.6 Å². The minimum Gasteiger partial charge on any atom is -0.423 e. The zero-order chi connectivity index (χ0) is 25.8. The van der Waals surface area contributed by atoms with Gasteiger partial charge in [-0.15, -0.1) is 11.3 Å². The zero-order valence-electron chi connectivity index (χ0n) is 19.4. The number of carbonyl (C=O) groups excluding carboxylic acids is 3. The van der Waals surface area contributed by atoms with Crippen LogP contribution < -0.4 is 4.74 Å². The van der Waals surface area contributed by atoms with Gasteiger partial charge in [0.25, 0.3) is 0 Å². The molecule has 190 valence electrons. The van der Waals surface area contributed by atoms with Gasteiger partial charge in [0.2, 0.25) is 12.7 Å². The summed E-state index contributed by atoms with van der Waals surface area (Å²) in [5.74, 6) is -1.82. The number of aliphatic hydroxyl groups excluding tert-OH is 2. The molecule has 0 spiro atoms. The Morgan fingerprint density at radius 1 is 1.28 bits per heavy atom. The van der Waals surface area contributed by atoms with Gasteiger partial charge in [0.1, 0.15) is 11.4 Å². The van der Waals surface area contributed by atoms with Crippen molar-refractivity contribution in [1.82, 2.24) is 9.88 Å². The minimum absolute atomic E-state index is 0.0516. The Labute approximate surface area is 215 Å². The van der Waals surface area contributed by atoms with E-state index in [2.05, 4.69) is 4.98 Å². The van der Waals surface area contributed by atoms with Gasteiger partial charge in [-0.2, -0.15) is 0 Å². The van der Waals surface area contributed by atoms with Crippen LogP contribution in [-0.4, -0.2) is 57.1 Å². The van der Waals surface area contributed by atoms with E-state index < -0.39 is 37.0 Å². The third-order valence-electron chi connectivity index (χ3n) is 5.85. The van der Waals surface area contributed by atoms with Gasteiger partial charge in [0, 0.05) is 10.8 Å². The first-order valence-corrected chi connectivity index (χ1v) is 12.8. The van der Waals surface area contributed by atoms with Crippen molar-refractivity contribution in [3.8, 4) is 5.75 Å². The number of amides is 1. The van der Waals surface area contributed by atoms with Gasteiger partial charge in [-0.3, -0.25) is 4.79 Å². The summed E-state index contributed by atoms with van der Waals surface area (Å²) in [5, 5.41) is 21.2. The number of thiazole rings is 1. The second-order valence-corrected chi connectivity index (χ2v) is 9.90. The van der Waals surface area contributed by atoms with Crippen LogP contribution >= 0.6 is 23.1 Å². The van der Waals surface area contributed by atoms with Crippen LogP contribution in [0.1, 0.15) is 24.4 Å². The molecule has 0 saturated carbocycles. The second kappa shape index (κ2) is 11.2. The molecule has 1 aromatic carbocycles. The average molecular weight is 533 g/mol. The molecule has 4 atom stereocenters. The third kappa shape index (κ3) is 5.16. The number of nitrogens with zero attached hydrogens (tertiary/aromatic N) is 2. The molecule has 4 rings (SSSR count). The Balaban J connectivity index is 1.46. The van der Waals surface area contributed by atoms with Gasteiger partial charge in [-0.05, 0) is 30.5 Å². The largest absolute Gasteiger partial charge is 0.516 e. The highest BCUT2D eigenvalue weighted by molar-refractivity contribution is 8.06. The summed E-state index contributed by atoms with van der Waals surface area (Å²) >= 11 is 2.60. The number of hydrogen-bond donors (Lipinski definition) is 2. The van der Waals surface area contributed by atoms with E-state index in [0.717, 1.165) is 4.88 Å². The minimum atomic E-state index is -1.04. The molecule has 0 bridgehead atoms. The molecular weight excluding hydrogens is 508 g/mol. The first-order chi connectivity index (χ1) is 17.3. The van der Waals surface area contributed by atoms with Crippen LogP contribution in [0.2, 0.25) is 0 Å². The molecule has 1 aromatic heterocycles. The predicted molar refractivity (Wildman–Crippen MR) is 131 cm³/mol. The van der Waals surface area contributed by atoms with Crippen LogP contribution in [0.3, 0.4) is 0 Å². The average Bonchev–Trinajstić information content (AvgIpc) is 3.40. The summed E-state index contributed by atoms with van der Waals surface area (Å²) in [4.78, 5) is 44.4. The van der Waals surface area contributed by atoms with Gasteiger partial charge in [0.05, 0.1) is 40.8 Å². The number of carbonyl (C=O) groups is 3. The molecule has 12 heteroatoms. The molecule has 36 heavy (non-hydrogen) atoms. The Morgan fingerprint density at radius 2 is 2.03 bits per heavy atom. The van der Waals surface area contributed by atoms with Crippen molar-refractivity contribution in [2.24, 2.45) is 11.8 Å². The van der Waals surface area contributed by atoms with Crippen LogP contribution in [0, 0.1) is 11.8 Å². The quantitative estimate of drug-likeness (QED) is 0.215. The highest BCUT2D eigenvalue weighted by atomic mass is 32.2. The van der Waals surface area contributed by atoms with Gasteiger partial charge < -0.3 is 29.3 Å². The lowest BCUT2D eigenvalue weighted by molar-refractivity contribution is -0.166. The summed E-state index contributed by atoms with van der Waals surface area (Å²) < 4.78 is 15.0. The van der Waals surface area contributed by atoms with E-state index in [1.165, 1.54) is 28.0 Å². The van der Waals surface area contributed by atoms with Crippen LogP contribution in [0.5, 0.6) is 5.75 Å². The summed E-state index contributed by atoms with van der Waals surface area (Å²) in [6, 6.07) is 7.88. The SMILES string of the molecule is C[C@@H](O)[C@H]1C(=O)N2C(C(=O)OCOC(=O)Oc3ccccc3)=C(S/C=C\c3scnc3CO)[C@H](C)[C@H]12. The Bertz CT molecular complexity index is 1190. The number of aliphatic hydroxyl groups is 2. The van der Waals surface area contributed by atoms with Gasteiger partial charge >= 0.3 is 12.1 Å². The van der Waals surface area contributed by atoms with Crippen LogP contribution in [0.4, 0.5) is 4.79 Å². The maximum atomic E-state index is 13.0. The third-order valence-corrected chi connectivity index (χ3v) is 7.78. The summed E-state index contributed by atoms with van der Waals surface area (Å²) in [6.45, 7) is 2.51. The molecule has 0 unspecified atom stereocenters. The number of aromatic nitrogens is 1. The number of para-hydroxylation sites is 1. The number of esters is 1. The van der Waals surface area contributed by atoms with Crippen molar-refractivity contribution in [1.29, 1.82) is 0 Å². The van der Waals surface area contributed by atoms with Crippen molar-refractivity contribution >= 4 is 47.2 Å². The molecule has 2 aliphatic rings. The number of thioether (sulfide) groups is 1. The fourth-order valence-corrected chi connectivity index (χ4v) is 5.96. The number of hydrogen-bond acceptors (Lipinski definition) is 11. The van der Waals surface area contributed by atoms with E-state index in [1.807, 2.05) is 6.92 Å². The highest BCUT2D eigenvalue weighted by Gasteiger charge is 2.60. The van der Waals surface area contributed by atoms with Crippen LogP contribution in [0.25, 0.3) is 6.08 Å². The van der Waals surface area contributed by atoms with Crippen molar-refractivity contribution in [2.75, 3.05) is 6.79 Å². The highest BCUT2D eigenvalue weighted by Crippen LogP contribution is 2.51. The molecule has 1 amide bonds. The molecule has 0 radical (unpaired) electrons. The molecule has 10 nitrogen and oxygen atoms in total. The molecule has 0 aliphatic carbocycles. The Hall–Kier alpha value is -3.19. The maximum absolute atomic E-state index is 13.0. The van der Waals surface area contributed by atoms with Crippen molar-refractivity contribution < 1.29 is 38.8 Å². The molecule has 2 N–H and O–H groups in total. The number of β-lactam (4-membered cyclic amide) rings is 1. The fraction of sp³-hybridized carbons (Fsp3) is 0.333. The van der Waals surface area contributed by atoms with E-state index in [9.17, 15) is 24.6 Å². The lowest BCUT2D eigenvalue weighted by atomic mass is 9.79. The summed E-state index contributed by atoms with van der Waals surface area (Å²) in [5.41, 5.74) is 2.21. The first-order valence-electron chi connectivity index (χ1n) is 11.0. The topological polar surface area (TPSA) is 135 Å². The normalized spacial score (nSPS) is 21.8. The van der Waals surface area contributed by atoms with Gasteiger partial charge in [-0.1, -0.05) is 36.9 Å². The molecule has 3 heterocycles. The van der Waals surface area contributed by atoms with E-state index in [4.69, 9.17) is 14.2 Å². The van der Waals surface area contributed by atoms with Crippen molar-refractivity contribution in [3.63, 3.8) is 0 Å². The lowest BCUT2D eigenvalue weighted by Gasteiger charge is -2.46. The summed E-state index contributed by atoms with van der Waals surface area (Å²) in [6.07, 6.45) is -0.154. The number of fused-ring (bicyclic) bond motifs is 1. The van der Waals surface area contributed by atoms with Crippen molar-refractivity contribution in [3.05, 3.63) is 62.4 Å². The summed E-state index contributed by atoms with van der Waals surface area (Å²) in [7, 11) is 0. The van der Waals surface area contributed by atoms with Crippen LogP contribution in [-0.2, 0) is 25.7 Å². The number of rotatable bonds is 9. The van der Waals surface area contributed by atoms with E-state index in [1.54, 1.807) is 54.3 Å². The van der Waals surface area contributed by atoms with E-state index in [0.29, 0.717) is 10.6 Å². The molecule has 1 saturated heterocycles. The van der Waals surface area contributed by atoms with E-state index >= 15 is 0 Å². The predicted octanol–water partition coefficient (Wildman–Crippen LogP) is 3.12. The van der Waals surface area contributed by atoms with Crippen molar-refractivity contribution in [2.45, 2.75) is 32.6 Å². The first kappa shape index (κ1) is 25.9. The number of ether oxygens (including phenoxy) is 3.